The molecule has 0 aliphatic rings. The van der Waals surface area contributed by atoms with Crippen LogP contribution >= 0.6 is 0 Å². The minimum atomic E-state index is -0.0282. The molecule has 0 spiro atoms. The Balaban J connectivity index is 1.61. The number of amides is 1. The SMILES string of the molecule is CCOc1ccc(C(=O)N(Cc2ccccc2)Cc2ccccc2)cc1COc1ccccc1C(C)C. The molecule has 0 aromatic heterocycles. The van der Waals surface area contributed by atoms with E-state index in [-0.39, 0.29) is 5.91 Å². The highest BCUT2D eigenvalue weighted by molar-refractivity contribution is 5.94. The van der Waals surface area contributed by atoms with Gasteiger partial charge < -0.3 is 14.4 Å². The Morgan fingerprint density at radius 1 is 0.730 bits per heavy atom. The average Bonchev–Trinajstić information content (AvgIpc) is 2.93. The Labute approximate surface area is 220 Å². The van der Waals surface area contributed by atoms with E-state index < -0.39 is 0 Å². The van der Waals surface area contributed by atoms with Crippen LogP contribution in [0.4, 0.5) is 0 Å². The zero-order valence-electron chi connectivity index (χ0n) is 21.9. The van der Waals surface area contributed by atoms with Crippen molar-refractivity contribution in [1.29, 1.82) is 0 Å². The molecule has 0 saturated heterocycles. The Morgan fingerprint density at radius 2 is 1.32 bits per heavy atom. The molecule has 0 radical (unpaired) electrons. The number of benzene rings is 4. The number of nitrogens with zero attached hydrogens (tertiary/aromatic N) is 1. The van der Waals surface area contributed by atoms with E-state index in [1.54, 1.807) is 0 Å². The molecule has 4 rings (SSSR count). The van der Waals surface area contributed by atoms with Crippen molar-refractivity contribution in [1.82, 2.24) is 4.90 Å². The molecule has 37 heavy (non-hydrogen) atoms. The van der Waals surface area contributed by atoms with E-state index in [0.29, 0.717) is 37.8 Å². The van der Waals surface area contributed by atoms with Gasteiger partial charge in [-0.3, -0.25) is 4.79 Å². The van der Waals surface area contributed by atoms with Crippen LogP contribution in [0.2, 0.25) is 0 Å². The predicted molar refractivity (Wildman–Crippen MR) is 149 cm³/mol. The minimum absolute atomic E-state index is 0.0282. The van der Waals surface area contributed by atoms with E-state index >= 15 is 0 Å². The highest BCUT2D eigenvalue weighted by atomic mass is 16.5. The fraction of sp³-hybridized carbons (Fsp3) is 0.242. The van der Waals surface area contributed by atoms with Crippen molar-refractivity contribution in [2.24, 2.45) is 0 Å². The van der Waals surface area contributed by atoms with Gasteiger partial charge in [0.15, 0.2) is 0 Å². The predicted octanol–water partition coefficient (Wildman–Crippen LogP) is 7.63. The molecule has 4 nitrogen and oxygen atoms in total. The van der Waals surface area contributed by atoms with Crippen LogP contribution in [0.15, 0.2) is 103 Å². The summed E-state index contributed by atoms with van der Waals surface area (Å²) in [6.07, 6.45) is 0. The normalized spacial score (nSPS) is 10.8. The van der Waals surface area contributed by atoms with Gasteiger partial charge >= 0.3 is 0 Å². The topological polar surface area (TPSA) is 38.8 Å². The minimum Gasteiger partial charge on any atom is -0.493 e. The van der Waals surface area contributed by atoms with Crippen molar-refractivity contribution in [2.45, 2.75) is 46.4 Å². The first kappa shape index (κ1) is 26.0. The largest absolute Gasteiger partial charge is 0.493 e. The second kappa shape index (κ2) is 12.8. The van der Waals surface area contributed by atoms with Gasteiger partial charge in [0.2, 0.25) is 0 Å². The van der Waals surface area contributed by atoms with E-state index in [4.69, 9.17) is 9.47 Å². The van der Waals surface area contributed by atoms with Crippen molar-refractivity contribution < 1.29 is 14.3 Å². The van der Waals surface area contributed by atoms with Crippen LogP contribution in [0.5, 0.6) is 11.5 Å². The third-order valence-corrected chi connectivity index (χ3v) is 6.25. The van der Waals surface area contributed by atoms with Gasteiger partial charge in [0.05, 0.1) is 6.61 Å². The van der Waals surface area contributed by atoms with Gasteiger partial charge in [0, 0.05) is 24.2 Å². The first-order chi connectivity index (χ1) is 18.0. The Morgan fingerprint density at radius 3 is 1.92 bits per heavy atom. The maximum atomic E-state index is 13.8. The summed E-state index contributed by atoms with van der Waals surface area (Å²) in [5.41, 5.74) is 4.81. The maximum absolute atomic E-state index is 13.8. The molecule has 4 heteroatoms. The van der Waals surface area contributed by atoms with Crippen LogP contribution < -0.4 is 9.47 Å². The van der Waals surface area contributed by atoms with Crippen molar-refractivity contribution >= 4 is 5.91 Å². The number of carbonyl (C=O) groups excluding carboxylic acids is 1. The van der Waals surface area contributed by atoms with Crippen LogP contribution in [0.3, 0.4) is 0 Å². The van der Waals surface area contributed by atoms with E-state index in [2.05, 4.69) is 44.2 Å². The Bertz CT molecular complexity index is 1240. The van der Waals surface area contributed by atoms with Gasteiger partial charge in [-0.1, -0.05) is 92.7 Å². The molecule has 0 heterocycles. The average molecular weight is 494 g/mol. The van der Waals surface area contributed by atoms with Crippen molar-refractivity contribution in [3.05, 3.63) is 131 Å². The van der Waals surface area contributed by atoms with E-state index in [1.165, 1.54) is 0 Å². The van der Waals surface area contributed by atoms with Gasteiger partial charge in [0.25, 0.3) is 5.91 Å². The van der Waals surface area contributed by atoms with Crippen LogP contribution in [0, 0.1) is 0 Å². The molecule has 1 amide bonds. The zero-order valence-corrected chi connectivity index (χ0v) is 21.9. The molecule has 0 aliphatic carbocycles. The van der Waals surface area contributed by atoms with Gasteiger partial charge in [-0.2, -0.15) is 0 Å². The van der Waals surface area contributed by atoms with Crippen LogP contribution in [-0.2, 0) is 19.7 Å². The molecular formula is C33H35NO3. The summed E-state index contributed by atoms with van der Waals surface area (Å²) >= 11 is 0. The molecule has 4 aromatic rings. The molecule has 4 aromatic carbocycles. The van der Waals surface area contributed by atoms with Crippen molar-refractivity contribution in [2.75, 3.05) is 6.61 Å². The number of carbonyl (C=O) groups is 1. The van der Waals surface area contributed by atoms with Crippen LogP contribution in [-0.4, -0.2) is 17.4 Å². The monoisotopic (exact) mass is 493 g/mol. The fourth-order valence-corrected chi connectivity index (χ4v) is 4.36. The number of rotatable bonds is 11. The van der Waals surface area contributed by atoms with E-state index in [1.807, 2.05) is 84.6 Å². The first-order valence-corrected chi connectivity index (χ1v) is 12.9. The smallest absolute Gasteiger partial charge is 0.254 e. The summed E-state index contributed by atoms with van der Waals surface area (Å²) in [4.78, 5) is 15.7. The van der Waals surface area contributed by atoms with Gasteiger partial charge in [-0.05, 0) is 53.8 Å². The molecule has 0 N–H and O–H groups in total. The van der Waals surface area contributed by atoms with Gasteiger partial charge in [-0.15, -0.1) is 0 Å². The first-order valence-electron chi connectivity index (χ1n) is 12.9. The fourth-order valence-electron chi connectivity index (χ4n) is 4.36. The third-order valence-electron chi connectivity index (χ3n) is 6.25. The highest BCUT2D eigenvalue weighted by Crippen LogP contribution is 2.29. The Hall–Kier alpha value is -4.05. The van der Waals surface area contributed by atoms with Crippen molar-refractivity contribution in [3.63, 3.8) is 0 Å². The highest BCUT2D eigenvalue weighted by Gasteiger charge is 2.19. The summed E-state index contributed by atoms with van der Waals surface area (Å²) in [7, 11) is 0. The molecular weight excluding hydrogens is 458 g/mol. The Kier molecular flexibility index (Phi) is 8.98. The quantitative estimate of drug-likeness (QED) is 0.216. The summed E-state index contributed by atoms with van der Waals surface area (Å²) in [6, 6.07) is 33.9. The summed E-state index contributed by atoms with van der Waals surface area (Å²) < 4.78 is 12.1. The summed E-state index contributed by atoms with van der Waals surface area (Å²) in [5.74, 6) is 1.91. The molecule has 0 atom stereocenters. The zero-order chi connectivity index (χ0) is 26.0. The number of ether oxygens (including phenoxy) is 2. The lowest BCUT2D eigenvalue weighted by Crippen LogP contribution is -2.30. The molecule has 0 bridgehead atoms. The van der Waals surface area contributed by atoms with Crippen molar-refractivity contribution in [3.8, 4) is 11.5 Å². The van der Waals surface area contributed by atoms with Crippen LogP contribution in [0.1, 0.15) is 59.3 Å². The number of hydrogen-bond acceptors (Lipinski definition) is 3. The molecule has 0 fully saturated rings. The lowest BCUT2D eigenvalue weighted by atomic mass is 10.0. The van der Waals surface area contributed by atoms with Gasteiger partial charge in [-0.25, -0.2) is 0 Å². The van der Waals surface area contributed by atoms with E-state index in [9.17, 15) is 4.79 Å². The molecule has 0 saturated carbocycles. The number of hydrogen-bond donors (Lipinski definition) is 0. The summed E-state index contributed by atoms with van der Waals surface area (Å²) in [5, 5.41) is 0. The standard InChI is InChI=1S/C33H35NO3/c1-4-36-31-20-19-28(21-29(31)24-37-32-18-12-11-17-30(32)25(2)3)33(35)34(22-26-13-7-5-8-14-26)23-27-15-9-6-10-16-27/h5-21,25H,4,22-24H2,1-3H3. The second-order valence-corrected chi connectivity index (χ2v) is 9.37. The lowest BCUT2D eigenvalue weighted by molar-refractivity contribution is 0.0729. The number of para-hydroxylation sites is 1. The molecule has 190 valence electrons. The summed E-state index contributed by atoms with van der Waals surface area (Å²) in [6.45, 7) is 8.17. The third kappa shape index (κ3) is 7.01. The van der Waals surface area contributed by atoms with Gasteiger partial charge in [0.1, 0.15) is 18.1 Å². The van der Waals surface area contributed by atoms with Crippen LogP contribution in [0.25, 0.3) is 0 Å². The maximum Gasteiger partial charge on any atom is 0.254 e. The molecule has 0 unspecified atom stereocenters. The molecule has 0 aliphatic heterocycles. The lowest BCUT2D eigenvalue weighted by Gasteiger charge is -2.24. The second-order valence-electron chi connectivity index (χ2n) is 9.37. The van der Waals surface area contributed by atoms with E-state index in [0.717, 1.165) is 33.8 Å².